The standard InChI is InChI=1S/C12H20.2C5H5.Zr/c1-5-9-11(7-3)12(8-4)10-6-2;2*1-2-4-5-3-1;/h5-8H2,1-4H3;2*1-3H,4H2;/q-2;2*-1;+4. The van der Waals surface area contributed by atoms with Gasteiger partial charge in [-0.05, 0) is 0 Å². The summed E-state index contributed by atoms with van der Waals surface area (Å²) in [7, 11) is 0. The Balaban J connectivity index is 0. The predicted octanol–water partition coefficient (Wildman–Crippen LogP) is 6.69. The smallest absolute Gasteiger partial charge is 0.373 e. The first-order valence-corrected chi connectivity index (χ1v) is 8.43. The minimum atomic E-state index is 0. The molecular weight excluding hydrogens is 355 g/mol. The van der Waals surface area contributed by atoms with Gasteiger partial charge in [0, 0.05) is 0 Å². The van der Waals surface area contributed by atoms with Gasteiger partial charge in [0.15, 0.2) is 0 Å². The molecule has 0 radical (unpaired) electrons. The van der Waals surface area contributed by atoms with Crippen LogP contribution < -0.4 is 0 Å². The fourth-order valence-corrected chi connectivity index (χ4v) is 2.00. The second kappa shape index (κ2) is 19.4. The molecule has 1 heteroatoms. The van der Waals surface area contributed by atoms with Gasteiger partial charge in [-0.3, -0.25) is 12.2 Å². The summed E-state index contributed by atoms with van der Waals surface area (Å²) in [5.74, 6) is 0. The van der Waals surface area contributed by atoms with E-state index in [0.717, 1.165) is 38.5 Å². The molecule has 0 unspecified atom stereocenters. The topological polar surface area (TPSA) is 0 Å². The Morgan fingerprint density at radius 3 is 1.30 bits per heavy atom. The van der Waals surface area contributed by atoms with Crippen LogP contribution in [0.3, 0.4) is 0 Å². The number of hydrogen-bond acceptors (Lipinski definition) is 0. The minimum Gasteiger partial charge on any atom is -0.373 e. The Morgan fingerprint density at radius 1 is 0.783 bits per heavy atom. The van der Waals surface area contributed by atoms with Gasteiger partial charge >= 0.3 is 26.2 Å². The van der Waals surface area contributed by atoms with Crippen molar-refractivity contribution in [3.8, 4) is 0 Å². The Hall–Kier alpha value is -0.677. The van der Waals surface area contributed by atoms with Crippen molar-refractivity contribution in [3.05, 3.63) is 71.9 Å². The summed E-state index contributed by atoms with van der Waals surface area (Å²) < 4.78 is 0. The summed E-state index contributed by atoms with van der Waals surface area (Å²) in [6.07, 6.45) is 31.0. The van der Waals surface area contributed by atoms with Gasteiger partial charge in [-0.15, -0.1) is 38.5 Å². The van der Waals surface area contributed by atoms with Gasteiger partial charge in [0.25, 0.3) is 0 Å². The molecule has 0 spiro atoms. The molecule has 0 bridgehead atoms. The van der Waals surface area contributed by atoms with E-state index in [2.05, 4.69) is 64.2 Å². The zero-order chi connectivity index (χ0) is 16.5. The molecule has 0 N–H and O–H groups in total. The maximum absolute atomic E-state index is 3.39. The fraction of sp³-hybridized carbons (Fsp3) is 0.455. The predicted molar refractivity (Wildman–Crippen MR) is 97.8 cm³/mol. The van der Waals surface area contributed by atoms with Crippen LogP contribution >= 0.6 is 0 Å². The van der Waals surface area contributed by atoms with Gasteiger partial charge in [0.05, 0.1) is 0 Å². The van der Waals surface area contributed by atoms with Gasteiger partial charge < -0.3 is 23.3 Å². The van der Waals surface area contributed by atoms with E-state index >= 15 is 0 Å². The first-order chi connectivity index (χ1) is 10.8. The van der Waals surface area contributed by atoms with Crippen molar-refractivity contribution in [1.29, 1.82) is 0 Å². The average Bonchev–Trinajstić information content (AvgIpc) is 3.28. The van der Waals surface area contributed by atoms with Crippen LogP contribution in [0.5, 0.6) is 0 Å². The summed E-state index contributed by atoms with van der Waals surface area (Å²) in [5.41, 5.74) is 2.73. The quantitative estimate of drug-likeness (QED) is 0.365. The molecule has 0 fully saturated rings. The molecule has 0 amide bonds. The molecule has 122 valence electrons. The zero-order valence-electron chi connectivity index (χ0n) is 15.2. The minimum absolute atomic E-state index is 0. The molecule has 0 nitrogen and oxygen atoms in total. The third kappa shape index (κ3) is 14.6. The van der Waals surface area contributed by atoms with Crippen molar-refractivity contribution >= 4 is 0 Å². The molecule has 2 aliphatic carbocycles. The van der Waals surface area contributed by atoms with Crippen LogP contribution in [-0.2, 0) is 26.2 Å². The van der Waals surface area contributed by atoms with Crippen molar-refractivity contribution in [3.63, 3.8) is 0 Å². The largest absolute Gasteiger partial charge is 4.00 e. The summed E-state index contributed by atoms with van der Waals surface area (Å²) in [4.78, 5) is 0. The number of hydrogen-bond donors (Lipinski definition) is 0. The molecule has 0 aromatic carbocycles. The van der Waals surface area contributed by atoms with Crippen LogP contribution in [0.15, 0.2) is 47.6 Å². The molecule has 2 rings (SSSR count). The van der Waals surface area contributed by atoms with E-state index in [0.29, 0.717) is 0 Å². The zero-order valence-corrected chi connectivity index (χ0v) is 17.7. The van der Waals surface area contributed by atoms with Crippen molar-refractivity contribution in [2.24, 2.45) is 0 Å². The van der Waals surface area contributed by atoms with Gasteiger partial charge in [0.2, 0.25) is 0 Å². The molecule has 0 saturated heterocycles. The van der Waals surface area contributed by atoms with E-state index in [1.807, 2.05) is 24.3 Å². The second-order valence-corrected chi connectivity index (χ2v) is 4.73. The van der Waals surface area contributed by atoms with Crippen LogP contribution in [0.1, 0.15) is 66.2 Å². The third-order valence-corrected chi connectivity index (χ3v) is 3.02. The van der Waals surface area contributed by atoms with Gasteiger partial charge in [0.1, 0.15) is 0 Å². The third-order valence-electron chi connectivity index (χ3n) is 3.02. The Kier molecular flexibility index (Phi) is 20.7. The SMILES string of the molecule is CC[C-]=C(CC)C(=[C-]CC)CC.[C-]1=CC=CC1.[C-]1=CC=CC1.[Zr+4]. The molecule has 0 atom stereocenters. The first-order valence-electron chi connectivity index (χ1n) is 8.43. The molecular formula is C22H30Zr. The van der Waals surface area contributed by atoms with Crippen molar-refractivity contribution < 1.29 is 26.2 Å². The van der Waals surface area contributed by atoms with Crippen molar-refractivity contribution in [2.45, 2.75) is 66.2 Å². The second-order valence-electron chi connectivity index (χ2n) is 4.73. The average molecular weight is 386 g/mol. The molecule has 0 heterocycles. The van der Waals surface area contributed by atoms with Crippen LogP contribution in [0, 0.1) is 24.3 Å². The van der Waals surface area contributed by atoms with E-state index in [4.69, 9.17) is 0 Å². The van der Waals surface area contributed by atoms with Crippen molar-refractivity contribution in [2.75, 3.05) is 0 Å². The molecule has 0 aliphatic heterocycles. The summed E-state index contributed by atoms with van der Waals surface area (Å²) >= 11 is 0. The van der Waals surface area contributed by atoms with E-state index in [1.54, 1.807) is 0 Å². The molecule has 2 aliphatic rings. The molecule has 23 heavy (non-hydrogen) atoms. The van der Waals surface area contributed by atoms with E-state index in [9.17, 15) is 0 Å². The number of rotatable bonds is 5. The molecule has 0 aromatic heterocycles. The number of allylic oxidation sites excluding steroid dienone is 12. The first kappa shape index (κ1) is 24.6. The van der Waals surface area contributed by atoms with Crippen LogP contribution in [0.4, 0.5) is 0 Å². The van der Waals surface area contributed by atoms with Gasteiger partial charge in [-0.1, -0.05) is 27.7 Å². The van der Waals surface area contributed by atoms with E-state index in [-0.39, 0.29) is 26.2 Å². The van der Waals surface area contributed by atoms with Crippen LogP contribution in [-0.4, -0.2) is 0 Å². The monoisotopic (exact) mass is 384 g/mol. The van der Waals surface area contributed by atoms with Gasteiger partial charge in [-0.25, -0.2) is 24.3 Å². The van der Waals surface area contributed by atoms with Crippen LogP contribution in [0.2, 0.25) is 0 Å². The van der Waals surface area contributed by atoms with Gasteiger partial charge in [-0.2, -0.15) is 12.2 Å². The molecule has 0 saturated carbocycles. The summed E-state index contributed by atoms with van der Waals surface area (Å²) in [6, 6.07) is 0. The van der Waals surface area contributed by atoms with E-state index < -0.39 is 0 Å². The fourth-order valence-electron chi connectivity index (χ4n) is 2.00. The Bertz CT molecular complexity index is 369. The van der Waals surface area contributed by atoms with E-state index in [1.165, 1.54) is 11.1 Å². The summed E-state index contributed by atoms with van der Waals surface area (Å²) in [5, 5.41) is 0. The maximum atomic E-state index is 3.39. The van der Waals surface area contributed by atoms with Crippen LogP contribution in [0.25, 0.3) is 0 Å². The summed E-state index contributed by atoms with van der Waals surface area (Å²) in [6.45, 7) is 8.64. The molecule has 0 aromatic rings. The van der Waals surface area contributed by atoms with Crippen molar-refractivity contribution in [1.82, 2.24) is 0 Å². The Morgan fingerprint density at radius 2 is 1.17 bits per heavy atom. The Labute approximate surface area is 164 Å². The normalized spacial score (nSPS) is 14.8. The maximum Gasteiger partial charge on any atom is 4.00 e.